The highest BCUT2D eigenvalue weighted by atomic mass is 79.9. The van der Waals surface area contributed by atoms with Crippen molar-refractivity contribution in [2.24, 2.45) is 0 Å². The second kappa shape index (κ2) is 7.16. The number of anilines is 1. The van der Waals surface area contributed by atoms with Crippen molar-refractivity contribution in [2.75, 3.05) is 25.0 Å². The average molecular weight is 413 g/mol. The summed E-state index contributed by atoms with van der Waals surface area (Å²) in [5.74, 6) is 0.261. The molecular weight excluding hydrogens is 392 g/mol. The molecule has 1 fully saturated rings. The lowest BCUT2D eigenvalue weighted by Gasteiger charge is -2.24. The highest BCUT2D eigenvalue weighted by Gasteiger charge is 2.21. The molecule has 0 saturated carbocycles. The Bertz CT molecular complexity index is 944. The molecule has 4 nitrogen and oxygen atoms in total. The first kappa shape index (κ1) is 17.2. The Morgan fingerprint density at radius 1 is 1.15 bits per heavy atom. The molecule has 5 heteroatoms. The third-order valence-corrected chi connectivity index (χ3v) is 5.52. The van der Waals surface area contributed by atoms with E-state index in [1.807, 2.05) is 37.4 Å². The minimum atomic E-state index is -0.107. The van der Waals surface area contributed by atoms with Crippen LogP contribution in [0.2, 0.25) is 0 Å². The zero-order valence-corrected chi connectivity index (χ0v) is 16.3. The van der Waals surface area contributed by atoms with Crippen LogP contribution in [-0.4, -0.2) is 30.9 Å². The molecule has 1 aliphatic rings. The number of amides is 1. The Kier molecular flexibility index (Phi) is 4.72. The second-order valence-electron chi connectivity index (χ2n) is 6.75. The molecule has 0 unspecified atom stereocenters. The molecule has 0 atom stereocenters. The van der Waals surface area contributed by atoms with E-state index in [9.17, 15) is 4.79 Å². The van der Waals surface area contributed by atoms with Gasteiger partial charge in [-0.25, -0.2) is 0 Å². The monoisotopic (exact) mass is 412 g/mol. The van der Waals surface area contributed by atoms with Crippen molar-refractivity contribution in [2.45, 2.75) is 19.4 Å². The standard InChI is InChI=1S/C21H21BrN2O2/c1-23(14-16-7-2-3-10-18(16)24-11-4-5-12-24)21(25)19-13-15-8-6-9-17(22)20(15)26-19/h2-3,6-10,13H,4-5,11-12,14H2,1H3. The summed E-state index contributed by atoms with van der Waals surface area (Å²) in [5.41, 5.74) is 3.11. The van der Waals surface area contributed by atoms with Crippen LogP contribution < -0.4 is 4.90 Å². The lowest BCUT2D eigenvalue weighted by atomic mass is 10.1. The van der Waals surface area contributed by atoms with Crippen molar-refractivity contribution in [3.8, 4) is 0 Å². The van der Waals surface area contributed by atoms with E-state index in [-0.39, 0.29) is 5.91 Å². The SMILES string of the molecule is CN(Cc1ccccc1N1CCCC1)C(=O)c1cc2cccc(Br)c2o1. The molecule has 1 aliphatic heterocycles. The normalized spacial score (nSPS) is 14.2. The number of carbonyl (C=O) groups excluding carboxylic acids is 1. The van der Waals surface area contributed by atoms with Gasteiger partial charge in [-0.15, -0.1) is 0 Å². The average Bonchev–Trinajstić information content (AvgIpc) is 3.32. The van der Waals surface area contributed by atoms with Gasteiger partial charge in [0.05, 0.1) is 4.47 Å². The van der Waals surface area contributed by atoms with E-state index in [4.69, 9.17) is 4.42 Å². The van der Waals surface area contributed by atoms with E-state index in [2.05, 4.69) is 39.0 Å². The fourth-order valence-electron chi connectivity index (χ4n) is 3.56. The summed E-state index contributed by atoms with van der Waals surface area (Å²) in [4.78, 5) is 17.0. The Labute approximate surface area is 161 Å². The number of para-hydroxylation sites is 2. The molecule has 4 rings (SSSR count). The Hall–Kier alpha value is -2.27. The minimum absolute atomic E-state index is 0.107. The van der Waals surface area contributed by atoms with Crippen LogP contribution in [0.4, 0.5) is 5.69 Å². The number of nitrogens with zero attached hydrogens (tertiary/aromatic N) is 2. The lowest BCUT2D eigenvalue weighted by Crippen LogP contribution is -2.27. The van der Waals surface area contributed by atoms with Crippen molar-refractivity contribution in [3.05, 3.63) is 64.3 Å². The molecule has 1 amide bonds. The van der Waals surface area contributed by atoms with Crippen molar-refractivity contribution in [1.82, 2.24) is 4.90 Å². The van der Waals surface area contributed by atoms with Crippen molar-refractivity contribution < 1.29 is 9.21 Å². The van der Waals surface area contributed by atoms with E-state index >= 15 is 0 Å². The Balaban J connectivity index is 1.57. The van der Waals surface area contributed by atoms with Gasteiger partial charge in [-0.2, -0.15) is 0 Å². The minimum Gasteiger partial charge on any atom is -0.450 e. The first-order valence-corrected chi connectivity index (χ1v) is 9.69. The summed E-state index contributed by atoms with van der Waals surface area (Å²) in [7, 11) is 1.82. The van der Waals surface area contributed by atoms with Gasteiger partial charge in [-0.05, 0) is 52.5 Å². The molecule has 26 heavy (non-hydrogen) atoms. The highest BCUT2D eigenvalue weighted by Crippen LogP contribution is 2.29. The molecule has 0 aliphatic carbocycles. The van der Waals surface area contributed by atoms with Gasteiger partial charge in [0.2, 0.25) is 0 Å². The maximum Gasteiger partial charge on any atom is 0.289 e. The molecular formula is C21H21BrN2O2. The van der Waals surface area contributed by atoms with Gasteiger partial charge in [0, 0.05) is 37.8 Å². The lowest BCUT2D eigenvalue weighted by molar-refractivity contribution is 0.0756. The summed E-state index contributed by atoms with van der Waals surface area (Å²) < 4.78 is 6.66. The van der Waals surface area contributed by atoms with E-state index < -0.39 is 0 Å². The third-order valence-electron chi connectivity index (χ3n) is 4.90. The molecule has 0 radical (unpaired) electrons. The molecule has 0 spiro atoms. The van der Waals surface area contributed by atoms with Gasteiger partial charge < -0.3 is 14.2 Å². The van der Waals surface area contributed by atoms with Crippen molar-refractivity contribution >= 4 is 38.5 Å². The summed E-state index contributed by atoms with van der Waals surface area (Å²) in [6.45, 7) is 2.74. The van der Waals surface area contributed by atoms with Crippen LogP contribution in [0.25, 0.3) is 11.0 Å². The first-order chi connectivity index (χ1) is 12.6. The van der Waals surface area contributed by atoms with E-state index in [0.717, 1.165) is 22.9 Å². The van der Waals surface area contributed by atoms with Crippen LogP contribution in [0.5, 0.6) is 0 Å². The van der Waals surface area contributed by atoms with Crippen LogP contribution in [0.3, 0.4) is 0 Å². The Morgan fingerprint density at radius 2 is 1.92 bits per heavy atom. The van der Waals surface area contributed by atoms with Crippen LogP contribution in [0.15, 0.2) is 57.4 Å². The van der Waals surface area contributed by atoms with Crippen molar-refractivity contribution in [3.63, 3.8) is 0 Å². The van der Waals surface area contributed by atoms with Gasteiger partial charge in [0.1, 0.15) is 5.58 Å². The number of hydrogen-bond donors (Lipinski definition) is 0. The molecule has 1 aromatic heterocycles. The smallest absolute Gasteiger partial charge is 0.289 e. The maximum atomic E-state index is 12.9. The molecule has 1 saturated heterocycles. The summed E-state index contributed by atoms with van der Waals surface area (Å²) >= 11 is 3.47. The fourth-order valence-corrected chi connectivity index (χ4v) is 4.02. The maximum absolute atomic E-state index is 12.9. The zero-order valence-electron chi connectivity index (χ0n) is 14.7. The molecule has 0 N–H and O–H groups in total. The second-order valence-corrected chi connectivity index (χ2v) is 7.61. The van der Waals surface area contributed by atoms with Crippen LogP contribution in [0, 0.1) is 0 Å². The number of fused-ring (bicyclic) bond motifs is 1. The first-order valence-electron chi connectivity index (χ1n) is 8.90. The van der Waals surface area contributed by atoms with Crippen LogP contribution >= 0.6 is 15.9 Å². The highest BCUT2D eigenvalue weighted by molar-refractivity contribution is 9.10. The summed E-state index contributed by atoms with van der Waals surface area (Å²) in [6, 6.07) is 16.0. The topological polar surface area (TPSA) is 36.7 Å². The van der Waals surface area contributed by atoms with Gasteiger partial charge in [-0.1, -0.05) is 30.3 Å². The van der Waals surface area contributed by atoms with Gasteiger partial charge in [0.25, 0.3) is 5.91 Å². The number of furan rings is 1. The van der Waals surface area contributed by atoms with E-state index in [1.54, 1.807) is 4.90 Å². The summed E-state index contributed by atoms with van der Waals surface area (Å²) in [5, 5.41) is 0.925. The number of rotatable bonds is 4. The fraction of sp³-hybridized carbons (Fsp3) is 0.286. The molecule has 2 heterocycles. The van der Waals surface area contributed by atoms with Crippen molar-refractivity contribution in [1.29, 1.82) is 0 Å². The summed E-state index contributed by atoms with van der Waals surface area (Å²) in [6.07, 6.45) is 2.47. The number of carbonyl (C=O) groups is 1. The molecule has 3 aromatic rings. The van der Waals surface area contributed by atoms with Crippen LogP contribution in [0.1, 0.15) is 29.0 Å². The predicted molar refractivity (Wildman–Crippen MR) is 108 cm³/mol. The molecule has 0 bridgehead atoms. The molecule has 134 valence electrons. The number of benzene rings is 2. The molecule has 2 aromatic carbocycles. The number of halogens is 1. The third kappa shape index (κ3) is 3.23. The van der Waals surface area contributed by atoms with Gasteiger partial charge in [-0.3, -0.25) is 4.79 Å². The van der Waals surface area contributed by atoms with E-state index in [0.29, 0.717) is 17.9 Å². The van der Waals surface area contributed by atoms with E-state index in [1.165, 1.54) is 24.1 Å². The van der Waals surface area contributed by atoms with Crippen LogP contribution in [-0.2, 0) is 6.54 Å². The predicted octanol–water partition coefficient (Wildman–Crippen LogP) is 5.07. The van der Waals surface area contributed by atoms with Gasteiger partial charge >= 0.3 is 0 Å². The number of hydrogen-bond acceptors (Lipinski definition) is 3. The Morgan fingerprint density at radius 3 is 2.69 bits per heavy atom. The van der Waals surface area contributed by atoms with Gasteiger partial charge in [0.15, 0.2) is 5.76 Å². The largest absolute Gasteiger partial charge is 0.450 e. The quantitative estimate of drug-likeness (QED) is 0.600. The zero-order chi connectivity index (χ0) is 18.1.